The smallest absolute Gasteiger partial charge is 0.434 e. The molecule has 0 aliphatic heterocycles. The number of pyridine rings is 1. The van der Waals surface area contributed by atoms with Crippen molar-refractivity contribution in [3.8, 4) is 11.5 Å². The summed E-state index contributed by atoms with van der Waals surface area (Å²) >= 11 is 0. The van der Waals surface area contributed by atoms with Crippen LogP contribution in [0.1, 0.15) is 42.8 Å². The molecule has 2 unspecified atom stereocenters. The largest absolute Gasteiger partial charge is 0.481 e. The zero-order valence-corrected chi connectivity index (χ0v) is 19.4. The first-order chi connectivity index (χ1) is 17.0. The van der Waals surface area contributed by atoms with Gasteiger partial charge in [0.2, 0.25) is 11.7 Å². The number of hydrogen-bond acceptors (Lipinski definition) is 8. The van der Waals surface area contributed by atoms with Gasteiger partial charge in [0.1, 0.15) is 22.9 Å². The van der Waals surface area contributed by atoms with Crippen LogP contribution in [-0.2, 0) is 15.8 Å². The Bertz CT molecular complexity index is 1290. The first kappa shape index (κ1) is 25.1. The van der Waals surface area contributed by atoms with E-state index in [1.807, 2.05) is 0 Å². The average molecular weight is 504 g/mol. The highest BCUT2D eigenvalue weighted by atomic mass is 19.4. The molecule has 0 bridgehead atoms. The Morgan fingerprint density at radius 3 is 2.44 bits per heavy atom. The zero-order valence-electron chi connectivity index (χ0n) is 19.4. The molecule has 1 fully saturated rings. The number of aromatic nitrogens is 4. The molecule has 4 rings (SSSR count). The first-order valence-electron chi connectivity index (χ1n) is 11.2. The number of halogens is 3. The fourth-order valence-electron chi connectivity index (χ4n) is 4.17. The fourth-order valence-corrected chi connectivity index (χ4v) is 4.17. The summed E-state index contributed by atoms with van der Waals surface area (Å²) in [6.45, 7) is 3.25. The highest BCUT2D eigenvalue weighted by molar-refractivity contribution is 5.95. The molecule has 2 atom stereocenters. The molecule has 0 spiro atoms. The molecule has 3 N–H and O–H groups in total. The Kier molecular flexibility index (Phi) is 6.91. The molecule has 1 aliphatic carbocycles. The number of carboxylic acid groups (broad SMARTS) is 1. The molecule has 0 radical (unpaired) electrons. The van der Waals surface area contributed by atoms with Crippen molar-refractivity contribution >= 4 is 29.1 Å². The fraction of sp³-hybridized carbons (Fsp3) is 0.391. The highest BCUT2D eigenvalue weighted by Crippen LogP contribution is 2.35. The summed E-state index contributed by atoms with van der Waals surface area (Å²) in [4.78, 5) is 35.9. The number of carbonyl (C=O) groups excluding carboxylic acids is 1. The van der Waals surface area contributed by atoms with E-state index in [9.17, 15) is 27.9 Å². The summed E-state index contributed by atoms with van der Waals surface area (Å²) in [5.74, 6) is -2.70. The summed E-state index contributed by atoms with van der Waals surface area (Å²) in [5, 5.41) is 18.9. The predicted molar refractivity (Wildman–Crippen MR) is 121 cm³/mol. The van der Waals surface area contributed by atoms with Crippen LogP contribution >= 0.6 is 0 Å². The number of carboxylic acids is 1. The van der Waals surface area contributed by atoms with E-state index in [-0.39, 0.29) is 23.2 Å². The van der Waals surface area contributed by atoms with Crippen molar-refractivity contribution in [3.05, 3.63) is 41.6 Å². The van der Waals surface area contributed by atoms with Gasteiger partial charge in [0.05, 0.1) is 35.6 Å². The monoisotopic (exact) mass is 504 g/mol. The molecule has 190 valence electrons. The van der Waals surface area contributed by atoms with Gasteiger partial charge in [-0.25, -0.2) is 9.97 Å². The van der Waals surface area contributed by atoms with Crippen molar-refractivity contribution in [2.75, 3.05) is 10.6 Å². The number of hydrogen-bond donors (Lipinski definition) is 3. The van der Waals surface area contributed by atoms with Crippen LogP contribution in [0.2, 0.25) is 0 Å². The molecule has 3 heterocycles. The Balaban J connectivity index is 1.55. The number of amides is 1. The van der Waals surface area contributed by atoms with E-state index in [1.54, 1.807) is 26.0 Å². The van der Waals surface area contributed by atoms with Crippen LogP contribution in [-0.4, -0.2) is 37.1 Å². The van der Waals surface area contributed by atoms with Gasteiger partial charge in [0, 0.05) is 0 Å². The number of nitrogens with one attached hydrogen (secondary N) is 2. The lowest BCUT2D eigenvalue weighted by Crippen LogP contribution is -2.36. The van der Waals surface area contributed by atoms with Gasteiger partial charge in [-0.3, -0.25) is 14.6 Å². The third-order valence-corrected chi connectivity index (χ3v) is 6.04. The second-order valence-corrected chi connectivity index (χ2v) is 8.54. The van der Waals surface area contributed by atoms with Gasteiger partial charge in [0.15, 0.2) is 5.69 Å². The lowest BCUT2D eigenvalue weighted by molar-refractivity contribution is -0.147. The van der Waals surface area contributed by atoms with Crippen LogP contribution in [0.25, 0.3) is 11.5 Å². The van der Waals surface area contributed by atoms with E-state index in [0.29, 0.717) is 41.8 Å². The standard InChI is InChI=1S/C23H23F3N6O4/c1-11-15(29-21(33)13-5-3-4-6-14(13)22(34)35)7-8-16(28-11)20-19(12(2)32-36-20)31-18-10-27-9-17(30-18)23(24,25)26/h7-10,13-14H,3-6H2,1-2H3,(H,29,33)(H,30,31)(H,34,35). The molecule has 36 heavy (non-hydrogen) atoms. The van der Waals surface area contributed by atoms with E-state index >= 15 is 0 Å². The summed E-state index contributed by atoms with van der Waals surface area (Å²) in [7, 11) is 0. The number of alkyl halides is 3. The minimum atomic E-state index is -4.65. The molecule has 13 heteroatoms. The van der Waals surface area contributed by atoms with Gasteiger partial charge in [-0.05, 0) is 38.8 Å². The van der Waals surface area contributed by atoms with Crippen LogP contribution in [0.5, 0.6) is 0 Å². The molecule has 1 amide bonds. The van der Waals surface area contributed by atoms with E-state index in [1.165, 1.54) is 0 Å². The van der Waals surface area contributed by atoms with E-state index in [0.717, 1.165) is 19.0 Å². The molecule has 0 aromatic carbocycles. The maximum Gasteiger partial charge on any atom is 0.434 e. The highest BCUT2D eigenvalue weighted by Gasteiger charge is 2.36. The molecular weight excluding hydrogens is 481 g/mol. The summed E-state index contributed by atoms with van der Waals surface area (Å²) in [6.07, 6.45) is -0.379. The van der Waals surface area contributed by atoms with Crippen LogP contribution < -0.4 is 10.6 Å². The molecule has 3 aromatic heterocycles. The molecular formula is C23H23F3N6O4. The lowest BCUT2D eigenvalue weighted by Gasteiger charge is -2.27. The average Bonchev–Trinajstić information content (AvgIpc) is 3.19. The Hall–Kier alpha value is -4.03. The summed E-state index contributed by atoms with van der Waals surface area (Å²) in [5.41, 5.74) is 0.627. The van der Waals surface area contributed by atoms with E-state index in [4.69, 9.17) is 4.52 Å². The molecule has 3 aromatic rings. The Morgan fingerprint density at radius 1 is 1.06 bits per heavy atom. The molecule has 0 saturated heterocycles. The van der Waals surface area contributed by atoms with Gasteiger partial charge >= 0.3 is 12.1 Å². The van der Waals surface area contributed by atoms with E-state index < -0.39 is 29.7 Å². The van der Waals surface area contributed by atoms with Crippen molar-refractivity contribution in [3.63, 3.8) is 0 Å². The van der Waals surface area contributed by atoms with Crippen LogP contribution in [0.4, 0.5) is 30.4 Å². The molecule has 10 nitrogen and oxygen atoms in total. The predicted octanol–water partition coefficient (Wildman–Crippen LogP) is 4.74. The van der Waals surface area contributed by atoms with Crippen LogP contribution in [0, 0.1) is 25.7 Å². The number of nitrogens with zero attached hydrogens (tertiary/aromatic N) is 4. The minimum absolute atomic E-state index is 0.154. The number of rotatable bonds is 6. The van der Waals surface area contributed by atoms with Gasteiger partial charge in [-0.2, -0.15) is 13.2 Å². The molecule has 1 aliphatic rings. The second-order valence-electron chi connectivity index (χ2n) is 8.54. The topological polar surface area (TPSA) is 143 Å². The quantitative estimate of drug-likeness (QED) is 0.434. The SMILES string of the molecule is Cc1nc(-c2onc(C)c2Nc2cncc(C(F)(F)F)n2)ccc1NC(=O)C1CCCCC1C(=O)O. The van der Waals surface area contributed by atoms with Gasteiger partial charge in [-0.1, -0.05) is 18.0 Å². The minimum Gasteiger partial charge on any atom is -0.481 e. The summed E-state index contributed by atoms with van der Waals surface area (Å²) < 4.78 is 44.3. The zero-order chi connectivity index (χ0) is 26.0. The number of aryl methyl sites for hydroxylation is 2. The van der Waals surface area contributed by atoms with Crippen molar-refractivity contribution in [1.82, 2.24) is 20.1 Å². The van der Waals surface area contributed by atoms with Crippen molar-refractivity contribution in [1.29, 1.82) is 0 Å². The summed E-state index contributed by atoms with van der Waals surface area (Å²) in [6, 6.07) is 3.15. The van der Waals surface area contributed by atoms with Crippen LogP contribution in [0.3, 0.4) is 0 Å². The molecule has 1 saturated carbocycles. The van der Waals surface area contributed by atoms with Crippen molar-refractivity contribution in [2.24, 2.45) is 11.8 Å². The Labute approximate surface area is 203 Å². The Morgan fingerprint density at radius 2 is 1.78 bits per heavy atom. The third-order valence-electron chi connectivity index (χ3n) is 6.04. The second kappa shape index (κ2) is 9.91. The van der Waals surface area contributed by atoms with Gasteiger partial charge in [-0.15, -0.1) is 0 Å². The van der Waals surface area contributed by atoms with Gasteiger partial charge < -0.3 is 20.3 Å². The normalized spacial score (nSPS) is 18.0. The maximum atomic E-state index is 13.0. The van der Waals surface area contributed by atoms with Crippen molar-refractivity contribution < 1.29 is 32.4 Å². The lowest BCUT2D eigenvalue weighted by atomic mass is 9.78. The number of carbonyl (C=O) groups is 2. The van der Waals surface area contributed by atoms with E-state index in [2.05, 4.69) is 30.7 Å². The maximum absolute atomic E-state index is 13.0. The van der Waals surface area contributed by atoms with Crippen LogP contribution in [0.15, 0.2) is 29.0 Å². The number of aliphatic carboxylic acids is 1. The first-order valence-corrected chi connectivity index (χ1v) is 11.2. The van der Waals surface area contributed by atoms with Crippen molar-refractivity contribution in [2.45, 2.75) is 45.7 Å². The van der Waals surface area contributed by atoms with Gasteiger partial charge in [0.25, 0.3) is 0 Å². The third kappa shape index (κ3) is 5.29. The number of anilines is 3.